The maximum Gasteiger partial charge on any atom is 0.251 e. The molecular formula is C19H15ClN4O3S. The van der Waals surface area contributed by atoms with Gasteiger partial charge in [0.2, 0.25) is 11.8 Å². The van der Waals surface area contributed by atoms with Crippen molar-refractivity contribution < 1.29 is 14.4 Å². The molecule has 7 nitrogen and oxygen atoms in total. The lowest BCUT2D eigenvalue weighted by Crippen LogP contribution is -2.58. The van der Waals surface area contributed by atoms with Crippen LogP contribution in [-0.2, 0) is 14.4 Å². The number of rotatable bonds is 4. The average molecular weight is 415 g/mol. The number of carbonyl (C=O) groups is 3. The summed E-state index contributed by atoms with van der Waals surface area (Å²) in [5.74, 6) is -2.36. The zero-order valence-corrected chi connectivity index (χ0v) is 16.3. The second kappa shape index (κ2) is 8.28. The molecule has 1 atom stereocenters. The van der Waals surface area contributed by atoms with Gasteiger partial charge in [0, 0.05) is 23.8 Å². The number of aliphatic imine (C=N–C) groups is 1. The van der Waals surface area contributed by atoms with Crippen LogP contribution in [0.3, 0.4) is 0 Å². The van der Waals surface area contributed by atoms with Crippen LogP contribution in [0.1, 0.15) is 6.92 Å². The quantitative estimate of drug-likeness (QED) is 0.457. The molecule has 1 aliphatic rings. The molecule has 0 radical (unpaired) electrons. The first-order valence-electron chi connectivity index (χ1n) is 8.21. The van der Waals surface area contributed by atoms with Gasteiger partial charge in [-0.3, -0.25) is 24.3 Å². The van der Waals surface area contributed by atoms with Crippen LogP contribution < -0.4 is 15.5 Å². The van der Waals surface area contributed by atoms with Crippen molar-refractivity contribution in [2.24, 2.45) is 10.9 Å². The summed E-state index contributed by atoms with van der Waals surface area (Å²) in [7, 11) is 0. The summed E-state index contributed by atoms with van der Waals surface area (Å²) >= 11 is 11.0. The molecule has 2 aromatic rings. The minimum absolute atomic E-state index is 0.00151. The number of thiocarbonyl (C=S) groups is 1. The van der Waals surface area contributed by atoms with Gasteiger partial charge < -0.3 is 10.6 Å². The third-order valence-corrected chi connectivity index (χ3v) is 4.38. The van der Waals surface area contributed by atoms with E-state index in [4.69, 9.17) is 23.8 Å². The fraction of sp³-hybridized carbons (Fsp3) is 0.105. The summed E-state index contributed by atoms with van der Waals surface area (Å²) in [6, 6.07) is 13.2. The zero-order valence-electron chi connectivity index (χ0n) is 14.7. The molecule has 1 fully saturated rings. The van der Waals surface area contributed by atoms with E-state index < -0.39 is 17.7 Å². The molecular weight excluding hydrogens is 400 g/mol. The van der Waals surface area contributed by atoms with E-state index in [2.05, 4.69) is 15.6 Å². The van der Waals surface area contributed by atoms with Crippen LogP contribution in [-0.4, -0.2) is 29.0 Å². The van der Waals surface area contributed by atoms with Crippen molar-refractivity contribution in [2.75, 3.05) is 10.2 Å². The number of amides is 3. The molecule has 0 aromatic heterocycles. The first kappa shape index (κ1) is 19.7. The smallest absolute Gasteiger partial charge is 0.251 e. The third-order valence-electron chi connectivity index (χ3n) is 3.85. The fourth-order valence-electron chi connectivity index (χ4n) is 2.55. The Morgan fingerprint density at radius 1 is 1.18 bits per heavy atom. The van der Waals surface area contributed by atoms with Gasteiger partial charge in [-0.15, -0.1) is 0 Å². The van der Waals surface area contributed by atoms with E-state index >= 15 is 0 Å². The highest BCUT2D eigenvalue weighted by Crippen LogP contribution is 2.23. The Hall–Kier alpha value is -3.10. The molecule has 2 N–H and O–H groups in total. The van der Waals surface area contributed by atoms with Crippen molar-refractivity contribution >= 4 is 69.9 Å². The number of carbonyl (C=O) groups excluding carboxylic acids is 3. The molecule has 0 bridgehead atoms. The van der Waals surface area contributed by atoms with Crippen LogP contribution in [0.2, 0.25) is 5.02 Å². The van der Waals surface area contributed by atoms with E-state index in [0.717, 1.165) is 0 Å². The van der Waals surface area contributed by atoms with Crippen molar-refractivity contribution in [3.63, 3.8) is 0 Å². The Morgan fingerprint density at radius 3 is 2.43 bits per heavy atom. The van der Waals surface area contributed by atoms with E-state index in [1.165, 1.54) is 18.0 Å². The molecule has 2 aromatic carbocycles. The molecule has 142 valence electrons. The highest BCUT2D eigenvalue weighted by Gasteiger charge is 2.38. The summed E-state index contributed by atoms with van der Waals surface area (Å²) in [6.07, 6.45) is 1.27. The van der Waals surface area contributed by atoms with Gasteiger partial charge in [0.05, 0.1) is 11.4 Å². The number of benzene rings is 2. The Balaban J connectivity index is 1.80. The Morgan fingerprint density at radius 2 is 1.82 bits per heavy atom. The lowest BCUT2D eigenvalue weighted by Gasteiger charge is -2.30. The van der Waals surface area contributed by atoms with Crippen LogP contribution >= 0.6 is 23.8 Å². The summed E-state index contributed by atoms with van der Waals surface area (Å²) in [6.45, 7) is 1.41. The molecule has 3 rings (SSSR count). The maximum absolute atomic E-state index is 12.8. The normalized spacial score (nSPS) is 17.0. The van der Waals surface area contributed by atoms with E-state index in [1.807, 2.05) is 0 Å². The van der Waals surface area contributed by atoms with Crippen molar-refractivity contribution in [3.8, 4) is 0 Å². The maximum atomic E-state index is 12.8. The van der Waals surface area contributed by atoms with Crippen LogP contribution in [0.5, 0.6) is 0 Å². The monoisotopic (exact) mass is 414 g/mol. The Kier molecular flexibility index (Phi) is 5.81. The first-order chi connectivity index (χ1) is 13.3. The SMILES string of the molecule is CC(=O)Nc1ccc(N=C[C@@H]2C(=O)NC(=S)N(c3ccc(Cl)cc3)C2=O)cc1. The largest absolute Gasteiger partial charge is 0.326 e. The van der Waals surface area contributed by atoms with Crippen LogP contribution in [0.25, 0.3) is 0 Å². The lowest BCUT2D eigenvalue weighted by atomic mass is 10.1. The highest BCUT2D eigenvalue weighted by atomic mass is 35.5. The van der Waals surface area contributed by atoms with Gasteiger partial charge in [0.25, 0.3) is 5.91 Å². The minimum Gasteiger partial charge on any atom is -0.326 e. The van der Waals surface area contributed by atoms with Gasteiger partial charge in [-0.25, -0.2) is 0 Å². The van der Waals surface area contributed by atoms with Crippen LogP contribution in [0.15, 0.2) is 53.5 Å². The molecule has 28 heavy (non-hydrogen) atoms. The lowest BCUT2D eigenvalue weighted by molar-refractivity contribution is -0.130. The second-order valence-electron chi connectivity index (χ2n) is 5.93. The summed E-state index contributed by atoms with van der Waals surface area (Å²) in [5.41, 5.74) is 1.65. The van der Waals surface area contributed by atoms with E-state index in [1.54, 1.807) is 48.5 Å². The van der Waals surface area contributed by atoms with E-state index in [-0.39, 0.29) is 11.0 Å². The molecule has 0 unspecified atom stereocenters. The zero-order chi connectivity index (χ0) is 20.3. The Labute approximate surface area is 171 Å². The van der Waals surface area contributed by atoms with Gasteiger partial charge in [-0.1, -0.05) is 11.6 Å². The summed E-state index contributed by atoms with van der Waals surface area (Å²) in [4.78, 5) is 41.6. The third kappa shape index (κ3) is 4.41. The predicted octanol–water partition coefficient (Wildman–Crippen LogP) is 3.06. The van der Waals surface area contributed by atoms with Crippen LogP contribution in [0, 0.1) is 5.92 Å². The molecule has 1 aliphatic heterocycles. The van der Waals surface area contributed by atoms with E-state index in [9.17, 15) is 14.4 Å². The number of hydrogen-bond donors (Lipinski definition) is 2. The molecule has 0 aliphatic carbocycles. The van der Waals surface area contributed by atoms with Crippen molar-refractivity contribution in [1.82, 2.24) is 5.32 Å². The fourth-order valence-corrected chi connectivity index (χ4v) is 2.97. The molecule has 0 saturated carbocycles. The molecule has 9 heteroatoms. The summed E-state index contributed by atoms with van der Waals surface area (Å²) in [5, 5.41) is 5.68. The van der Waals surface area contributed by atoms with Gasteiger partial charge in [0.1, 0.15) is 0 Å². The first-order valence-corrected chi connectivity index (χ1v) is 9.00. The molecule has 3 amide bonds. The Bertz CT molecular complexity index is 974. The number of nitrogens with one attached hydrogen (secondary N) is 2. The van der Waals surface area contributed by atoms with Crippen molar-refractivity contribution in [1.29, 1.82) is 0 Å². The standard InChI is InChI=1S/C19H15ClN4O3S/c1-11(25)22-14-6-4-13(5-7-14)21-10-16-17(26)23-19(28)24(18(16)27)15-8-2-12(20)3-9-15/h2-10,16H,1H3,(H,22,25)(H,23,26,28)/t16-/m1/s1. The summed E-state index contributed by atoms with van der Waals surface area (Å²) < 4.78 is 0. The van der Waals surface area contributed by atoms with Crippen molar-refractivity contribution in [2.45, 2.75) is 6.92 Å². The van der Waals surface area contributed by atoms with Gasteiger partial charge in [-0.05, 0) is 60.7 Å². The van der Waals surface area contributed by atoms with Gasteiger partial charge in [-0.2, -0.15) is 0 Å². The number of anilines is 2. The molecule has 1 heterocycles. The minimum atomic E-state index is -1.13. The number of hydrogen-bond acceptors (Lipinski definition) is 5. The number of nitrogens with zero attached hydrogens (tertiary/aromatic N) is 2. The molecule has 1 saturated heterocycles. The van der Waals surface area contributed by atoms with Gasteiger partial charge in [0.15, 0.2) is 11.0 Å². The van der Waals surface area contributed by atoms with Gasteiger partial charge >= 0.3 is 0 Å². The van der Waals surface area contributed by atoms with Crippen LogP contribution in [0.4, 0.5) is 17.1 Å². The number of halogens is 1. The van der Waals surface area contributed by atoms with E-state index in [0.29, 0.717) is 22.1 Å². The average Bonchev–Trinajstić information content (AvgIpc) is 2.63. The second-order valence-corrected chi connectivity index (χ2v) is 6.75. The van der Waals surface area contributed by atoms with Crippen molar-refractivity contribution in [3.05, 3.63) is 53.6 Å². The highest BCUT2D eigenvalue weighted by molar-refractivity contribution is 7.80. The predicted molar refractivity (Wildman–Crippen MR) is 112 cm³/mol. The molecule has 0 spiro atoms. The topological polar surface area (TPSA) is 90.9 Å².